The first kappa shape index (κ1) is 9.34. The fraction of sp³-hybridized carbons (Fsp3) is 0.615. The third-order valence-corrected chi connectivity index (χ3v) is 4.15. The summed E-state index contributed by atoms with van der Waals surface area (Å²) in [5.74, 6) is 0. The number of rotatable bonds is 2. The van der Waals surface area contributed by atoms with Crippen LogP contribution in [-0.4, -0.2) is 17.6 Å². The highest BCUT2D eigenvalue weighted by Gasteiger charge is 2.47. The first-order chi connectivity index (χ1) is 7.42. The van der Waals surface area contributed by atoms with Crippen molar-refractivity contribution < 1.29 is 0 Å². The van der Waals surface area contributed by atoms with Gasteiger partial charge in [-0.1, -0.05) is 12.5 Å². The number of nitrogens with zero attached hydrogens (tertiary/aromatic N) is 1. The van der Waals surface area contributed by atoms with Crippen LogP contribution >= 0.6 is 0 Å². The predicted molar refractivity (Wildman–Crippen MR) is 60.8 cm³/mol. The van der Waals surface area contributed by atoms with E-state index < -0.39 is 0 Å². The zero-order valence-corrected chi connectivity index (χ0v) is 9.08. The summed E-state index contributed by atoms with van der Waals surface area (Å²) < 4.78 is 0. The van der Waals surface area contributed by atoms with Crippen LogP contribution in [0.15, 0.2) is 24.4 Å². The minimum Gasteiger partial charge on any atom is -0.313 e. The summed E-state index contributed by atoms with van der Waals surface area (Å²) in [7, 11) is 0. The highest BCUT2D eigenvalue weighted by Crippen LogP contribution is 2.47. The van der Waals surface area contributed by atoms with Gasteiger partial charge in [0.1, 0.15) is 0 Å². The van der Waals surface area contributed by atoms with E-state index in [4.69, 9.17) is 0 Å². The first-order valence-corrected chi connectivity index (χ1v) is 6.07. The summed E-state index contributed by atoms with van der Waals surface area (Å²) in [6.45, 7) is 1.19. The van der Waals surface area contributed by atoms with Crippen molar-refractivity contribution in [3.05, 3.63) is 30.1 Å². The Bertz CT molecular complexity index is 324. The third-order valence-electron chi connectivity index (χ3n) is 4.15. The Labute approximate surface area is 91.1 Å². The largest absolute Gasteiger partial charge is 0.313 e. The van der Waals surface area contributed by atoms with Crippen LogP contribution in [0.25, 0.3) is 0 Å². The van der Waals surface area contributed by atoms with E-state index in [-0.39, 0.29) is 0 Å². The van der Waals surface area contributed by atoms with Crippen LogP contribution in [0.4, 0.5) is 0 Å². The Kier molecular flexibility index (Phi) is 2.24. The second-order valence-electron chi connectivity index (χ2n) is 4.87. The monoisotopic (exact) mass is 202 g/mol. The lowest BCUT2D eigenvalue weighted by Crippen LogP contribution is -2.50. The molecule has 1 N–H and O–H groups in total. The van der Waals surface area contributed by atoms with Gasteiger partial charge in [0.05, 0.1) is 0 Å². The van der Waals surface area contributed by atoms with Crippen molar-refractivity contribution in [1.29, 1.82) is 0 Å². The minimum absolute atomic E-state index is 0.373. The average molecular weight is 202 g/mol. The summed E-state index contributed by atoms with van der Waals surface area (Å²) in [5, 5.41) is 3.66. The molecule has 2 fully saturated rings. The predicted octanol–water partition coefficient (Wildman–Crippen LogP) is 2.26. The maximum Gasteiger partial charge on any atom is 0.0480 e. The molecule has 1 saturated heterocycles. The van der Waals surface area contributed by atoms with Crippen molar-refractivity contribution in [2.24, 2.45) is 0 Å². The number of nitrogens with one attached hydrogen (secondary N) is 1. The standard InChI is InChI=1S/C13H18N2/c1-2-9-14-11(5-1)13(7-4-8-13)12-6-3-10-15-12/h1-2,5,9,12,15H,3-4,6-8,10H2. The first-order valence-electron chi connectivity index (χ1n) is 6.07. The lowest BCUT2D eigenvalue weighted by Gasteiger charge is -2.46. The van der Waals surface area contributed by atoms with Gasteiger partial charge in [0.2, 0.25) is 0 Å². The van der Waals surface area contributed by atoms with Gasteiger partial charge in [-0.3, -0.25) is 4.98 Å². The van der Waals surface area contributed by atoms with Gasteiger partial charge in [-0.25, -0.2) is 0 Å². The molecule has 1 unspecified atom stereocenters. The molecule has 1 aromatic rings. The molecule has 1 aromatic heterocycles. The van der Waals surface area contributed by atoms with Crippen LogP contribution in [-0.2, 0) is 5.41 Å². The maximum atomic E-state index is 4.58. The van der Waals surface area contributed by atoms with Crippen molar-refractivity contribution in [2.45, 2.75) is 43.6 Å². The fourth-order valence-electron chi connectivity index (χ4n) is 3.15. The molecule has 15 heavy (non-hydrogen) atoms. The number of pyridine rings is 1. The molecule has 80 valence electrons. The normalized spacial score (nSPS) is 28.7. The molecule has 0 bridgehead atoms. The molecular formula is C13H18N2. The average Bonchev–Trinajstić information content (AvgIpc) is 2.72. The number of hydrogen-bond acceptors (Lipinski definition) is 2. The van der Waals surface area contributed by atoms with E-state index in [1.54, 1.807) is 0 Å². The summed E-state index contributed by atoms with van der Waals surface area (Å²) in [5.41, 5.74) is 1.69. The van der Waals surface area contributed by atoms with Gasteiger partial charge in [-0.2, -0.15) is 0 Å². The maximum absolute atomic E-state index is 4.58. The highest BCUT2D eigenvalue weighted by molar-refractivity contribution is 5.24. The summed E-state index contributed by atoms with van der Waals surface area (Å²) in [6, 6.07) is 7.02. The molecule has 2 aliphatic rings. The zero-order valence-electron chi connectivity index (χ0n) is 9.08. The van der Waals surface area contributed by atoms with Crippen LogP contribution in [0, 0.1) is 0 Å². The molecule has 2 nitrogen and oxygen atoms in total. The quantitative estimate of drug-likeness (QED) is 0.795. The molecule has 3 rings (SSSR count). The summed E-state index contributed by atoms with van der Waals surface area (Å²) in [6.07, 6.45) is 8.61. The van der Waals surface area contributed by atoms with Crippen molar-refractivity contribution in [3.63, 3.8) is 0 Å². The van der Waals surface area contributed by atoms with E-state index in [9.17, 15) is 0 Å². The molecule has 2 heterocycles. The van der Waals surface area contributed by atoms with Gasteiger partial charge in [0.15, 0.2) is 0 Å². The Morgan fingerprint density at radius 2 is 2.20 bits per heavy atom. The molecule has 0 aromatic carbocycles. The Morgan fingerprint density at radius 3 is 2.73 bits per heavy atom. The SMILES string of the molecule is c1ccc(C2(C3CCCN3)CCC2)nc1. The Hall–Kier alpha value is -0.890. The van der Waals surface area contributed by atoms with Gasteiger partial charge < -0.3 is 5.32 Å². The van der Waals surface area contributed by atoms with Crippen LogP contribution in [0.3, 0.4) is 0 Å². The molecular weight excluding hydrogens is 184 g/mol. The van der Waals surface area contributed by atoms with Crippen LogP contribution in [0.1, 0.15) is 37.8 Å². The van der Waals surface area contributed by atoms with Crippen LogP contribution < -0.4 is 5.32 Å². The van der Waals surface area contributed by atoms with Crippen molar-refractivity contribution in [3.8, 4) is 0 Å². The second kappa shape index (κ2) is 3.60. The molecule has 2 heteroatoms. The number of hydrogen-bond donors (Lipinski definition) is 1. The van der Waals surface area contributed by atoms with Crippen molar-refractivity contribution in [2.75, 3.05) is 6.54 Å². The molecule has 0 radical (unpaired) electrons. The molecule has 0 spiro atoms. The van der Waals surface area contributed by atoms with Crippen LogP contribution in [0.2, 0.25) is 0 Å². The van der Waals surface area contributed by atoms with Gasteiger partial charge in [-0.15, -0.1) is 0 Å². The topological polar surface area (TPSA) is 24.9 Å². The molecule has 0 amide bonds. The summed E-state index contributed by atoms with van der Waals surface area (Å²) in [4.78, 5) is 4.58. The minimum atomic E-state index is 0.373. The lowest BCUT2D eigenvalue weighted by molar-refractivity contribution is 0.176. The Morgan fingerprint density at radius 1 is 1.27 bits per heavy atom. The van der Waals surface area contributed by atoms with E-state index in [0.717, 1.165) is 0 Å². The highest BCUT2D eigenvalue weighted by atomic mass is 15.0. The fourth-order valence-corrected chi connectivity index (χ4v) is 3.15. The smallest absolute Gasteiger partial charge is 0.0480 e. The van der Waals surface area contributed by atoms with E-state index in [0.29, 0.717) is 11.5 Å². The van der Waals surface area contributed by atoms with Crippen molar-refractivity contribution in [1.82, 2.24) is 10.3 Å². The van der Waals surface area contributed by atoms with E-state index in [2.05, 4.69) is 22.4 Å². The Balaban J connectivity index is 1.92. The van der Waals surface area contributed by atoms with Gasteiger partial charge >= 0.3 is 0 Å². The van der Waals surface area contributed by atoms with Gasteiger partial charge in [0.25, 0.3) is 0 Å². The molecule has 1 saturated carbocycles. The van der Waals surface area contributed by atoms with Gasteiger partial charge in [-0.05, 0) is 44.4 Å². The van der Waals surface area contributed by atoms with Crippen LogP contribution in [0.5, 0.6) is 0 Å². The number of aromatic nitrogens is 1. The molecule has 1 aliphatic carbocycles. The van der Waals surface area contributed by atoms with Gasteiger partial charge in [0, 0.05) is 23.3 Å². The molecule has 1 atom stereocenters. The van der Waals surface area contributed by atoms with E-state index in [1.807, 2.05) is 12.3 Å². The third kappa shape index (κ3) is 1.39. The second-order valence-corrected chi connectivity index (χ2v) is 4.87. The molecule has 1 aliphatic heterocycles. The zero-order chi connectivity index (χ0) is 10.1. The van der Waals surface area contributed by atoms with E-state index in [1.165, 1.54) is 44.3 Å². The van der Waals surface area contributed by atoms with E-state index >= 15 is 0 Å². The lowest BCUT2D eigenvalue weighted by atomic mass is 9.61. The van der Waals surface area contributed by atoms with Crippen molar-refractivity contribution >= 4 is 0 Å². The summed E-state index contributed by atoms with van der Waals surface area (Å²) >= 11 is 0.